The number of ether oxygens (including phenoxy) is 2. The van der Waals surface area contributed by atoms with E-state index < -0.39 is 5.97 Å². The number of aromatic hydroxyl groups is 1. The largest absolute Gasteiger partial charge is 0.507 e. The standard InChI is InChI=1S/C24H30O4/c1-6-7-8-9-19-13-22(26)24(23(14-19)28-15-27-18(5)25)21-12-17(4)10-11-20(21)16(2)3/h10-14,26H,2,6-9,15H2,1,3-5H3. The molecule has 0 saturated carbocycles. The number of hydrogen-bond donors (Lipinski definition) is 1. The van der Waals surface area contributed by atoms with Crippen LogP contribution in [0.5, 0.6) is 11.5 Å². The van der Waals surface area contributed by atoms with E-state index in [1.807, 2.05) is 38.1 Å². The Morgan fingerprint density at radius 2 is 1.89 bits per heavy atom. The Kier molecular flexibility index (Phi) is 7.68. The molecule has 0 spiro atoms. The first-order valence-corrected chi connectivity index (χ1v) is 9.72. The number of rotatable bonds is 9. The minimum Gasteiger partial charge on any atom is -0.507 e. The van der Waals surface area contributed by atoms with Crippen LogP contribution in [0.15, 0.2) is 36.9 Å². The summed E-state index contributed by atoms with van der Waals surface area (Å²) in [4.78, 5) is 11.1. The Labute approximate surface area is 167 Å². The summed E-state index contributed by atoms with van der Waals surface area (Å²) in [6, 6.07) is 9.75. The van der Waals surface area contributed by atoms with Crippen molar-refractivity contribution >= 4 is 11.5 Å². The van der Waals surface area contributed by atoms with Gasteiger partial charge in [0.25, 0.3) is 0 Å². The van der Waals surface area contributed by atoms with Crippen LogP contribution in [0.4, 0.5) is 0 Å². The van der Waals surface area contributed by atoms with Crippen LogP contribution in [-0.4, -0.2) is 17.9 Å². The van der Waals surface area contributed by atoms with E-state index in [2.05, 4.69) is 13.5 Å². The van der Waals surface area contributed by atoms with Gasteiger partial charge in [-0.1, -0.05) is 55.7 Å². The van der Waals surface area contributed by atoms with Crippen LogP contribution < -0.4 is 4.74 Å². The summed E-state index contributed by atoms with van der Waals surface area (Å²) in [5, 5.41) is 10.9. The van der Waals surface area contributed by atoms with E-state index in [0.29, 0.717) is 11.3 Å². The second-order valence-electron chi connectivity index (χ2n) is 7.17. The molecule has 1 N–H and O–H groups in total. The second-order valence-corrected chi connectivity index (χ2v) is 7.17. The van der Waals surface area contributed by atoms with E-state index in [4.69, 9.17) is 9.47 Å². The molecule has 0 aliphatic carbocycles. The zero-order chi connectivity index (χ0) is 20.7. The molecule has 2 aromatic rings. The van der Waals surface area contributed by atoms with Crippen LogP contribution in [0.25, 0.3) is 16.7 Å². The third-order valence-electron chi connectivity index (χ3n) is 4.59. The molecule has 0 saturated heterocycles. The fourth-order valence-electron chi connectivity index (χ4n) is 3.18. The van der Waals surface area contributed by atoms with E-state index in [1.54, 1.807) is 6.07 Å². The molecule has 0 aromatic heterocycles. The summed E-state index contributed by atoms with van der Waals surface area (Å²) in [6.07, 6.45) is 4.15. The quantitative estimate of drug-likeness (QED) is 0.327. The average molecular weight is 383 g/mol. The van der Waals surface area contributed by atoms with Gasteiger partial charge in [0.05, 0.1) is 5.56 Å². The van der Waals surface area contributed by atoms with Gasteiger partial charge >= 0.3 is 5.97 Å². The van der Waals surface area contributed by atoms with Gasteiger partial charge in [-0.05, 0) is 55.5 Å². The lowest BCUT2D eigenvalue weighted by molar-refractivity contribution is -0.147. The van der Waals surface area contributed by atoms with E-state index in [0.717, 1.165) is 53.5 Å². The van der Waals surface area contributed by atoms with Crippen molar-refractivity contribution in [3.63, 3.8) is 0 Å². The topological polar surface area (TPSA) is 55.8 Å². The first kappa shape index (κ1) is 21.5. The Morgan fingerprint density at radius 3 is 2.54 bits per heavy atom. The molecule has 2 rings (SSSR count). The van der Waals surface area contributed by atoms with E-state index in [1.165, 1.54) is 6.92 Å². The molecule has 0 radical (unpaired) electrons. The van der Waals surface area contributed by atoms with Crippen molar-refractivity contribution in [2.75, 3.05) is 6.79 Å². The smallest absolute Gasteiger partial charge is 0.305 e. The van der Waals surface area contributed by atoms with Gasteiger partial charge in [0.2, 0.25) is 6.79 Å². The van der Waals surface area contributed by atoms with E-state index in [9.17, 15) is 9.90 Å². The molecule has 4 nitrogen and oxygen atoms in total. The van der Waals surface area contributed by atoms with Crippen molar-refractivity contribution in [2.24, 2.45) is 0 Å². The molecule has 150 valence electrons. The molecule has 0 bridgehead atoms. The Morgan fingerprint density at radius 1 is 1.14 bits per heavy atom. The Balaban J connectivity index is 2.53. The van der Waals surface area contributed by atoms with Crippen molar-refractivity contribution < 1.29 is 19.4 Å². The highest BCUT2D eigenvalue weighted by atomic mass is 16.7. The highest BCUT2D eigenvalue weighted by molar-refractivity contribution is 5.86. The van der Waals surface area contributed by atoms with Gasteiger partial charge in [0.1, 0.15) is 11.5 Å². The molecule has 0 aliphatic heterocycles. The molecular formula is C24H30O4. The normalized spacial score (nSPS) is 10.6. The van der Waals surface area contributed by atoms with Crippen molar-refractivity contribution in [1.82, 2.24) is 0 Å². The van der Waals surface area contributed by atoms with E-state index >= 15 is 0 Å². The van der Waals surface area contributed by atoms with Gasteiger partial charge in [0, 0.05) is 6.92 Å². The van der Waals surface area contributed by atoms with Gasteiger partial charge in [-0.3, -0.25) is 4.79 Å². The molecule has 0 atom stereocenters. The van der Waals surface area contributed by atoms with Crippen molar-refractivity contribution in [3.05, 3.63) is 53.6 Å². The maximum Gasteiger partial charge on any atom is 0.305 e. The lowest BCUT2D eigenvalue weighted by Gasteiger charge is -2.18. The molecule has 0 fully saturated rings. The third kappa shape index (κ3) is 5.62. The zero-order valence-corrected chi connectivity index (χ0v) is 17.3. The van der Waals surface area contributed by atoms with Crippen LogP contribution in [0.3, 0.4) is 0 Å². The summed E-state index contributed by atoms with van der Waals surface area (Å²) in [5.74, 6) is 0.240. The van der Waals surface area contributed by atoms with Crippen LogP contribution in [0.2, 0.25) is 0 Å². The predicted molar refractivity (Wildman–Crippen MR) is 113 cm³/mol. The summed E-state index contributed by atoms with van der Waals surface area (Å²) in [6.45, 7) is 11.3. The minimum absolute atomic E-state index is 0.153. The highest BCUT2D eigenvalue weighted by Crippen LogP contribution is 2.42. The first-order chi connectivity index (χ1) is 13.3. The number of unbranched alkanes of at least 4 members (excludes halogenated alkanes) is 2. The highest BCUT2D eigenvalue weighted by Gasteiger charge is 2.18. The number of carbonyl (C=O) groups is 1. The number of phenolic OH excluding ortho intramolecular Hbond substituents is 1. The Hall–Kier alpha value is -2.75. The van der Waals surface area contributed by atoms with Gasteiger partial charge in [-0.25, -0.2) is 0 Å². The van der Waals surface area contributed by atoms with Crippen LogP contribution >= 0.6 is 0 Å². The minimum atomic E-state index is -0.414. The molecule has 28 heavy (non-hydrogen) atoms. The van der Waals surface area contributed by atoms with Gasteiger partial charge in [-0.2, -0.15) is 0 Å². The van der Waals surface area contributed by atoms with Crippen LogP contribution in [0.1, 0.15) is 56.7 Å². The maximum absolute atomic E-state index is 11.1. The van der Waals surface area contributed by atoms with Gasteiger partial charge in [-0.15, -0.1) is 0 Å². The Bertz CT molecular complexity index is 852. The number of aryl methyl sites for hydroxylation is 2. The molecule has 0 unspecified atom stereocenters. The SMILES string of the molecule is C=C(C)c1ccc(C)cc1-c1c(O)cc(CCCCC)cc1OCOC(C)=O. The van der Waals surface area contributed by atoms with Gasteiger partial charge < -0.3 is 14.6 Å². The number of esters is 1. The summed E-state index contributed by atoms with van der Waals surface area (Å²) < 4.78 is 10.7. The molecule has 4 heteroatoms. The third-order valence-corrected chi connectivity index (χ3v) is 4.59. The molecule has 0 heterocycles. The zero-order valence-electron chi connectivity index (χ0n) is 17.3. The lowest BCUT2D eigenvalue weighted by atomic mass is 9.91. The van der Waals surface area contributed by atoms with E-state index in [-0.39, 0.29) is 12.5 Å². The fourth-order valence-corrected chi connectivity index (χ4v) is 3.18. The van der Waals surface area contributed by atoms with Crippen molar-refractivity contribution in [2.45, 2.75) is 53.4 Å². The fraction of sp³-hybridized carbons (Fsp3) is 0.375. The lowest BCUT2D eigenvalue weighted by Crippen LogP contribution is -2.08. The first-order valence-electron chi connectivity index (χ1n) is 9.72. The van der Waals surface area contributed by atoms with Crippen LogP contribution in [-0.2, 0) is 16.0 Å². The number of carbonyl (C=O) groups excluding carboxylic acids is 1. The molecule has 0 amide bonds. The number of phenols is 1. The number of benzene rings is 2. The second kappa shape index (κ2) is 9.98. The van der Waals surface area contributed by atoms with Crippen LogP contribution in [0, 0.1) is 6.92 Å². The molecule has 2 aromatic carbocycles. The molecular weight excluding hydrogens is 352 g/mol. The summed E-state index contributed by atoms with van der Waals surface area (Å²) >= 11 is 0. The van der Waals surface area contributed by atoms with Crippen molar-refractivity contribution in [1.29, 1.82) is 0 Å². The summed E-state index contributed by atoms with van der Waals surface area (Å²) in [5.41, 5.74) is 5.34. The number of allylic oxidation sites excluding steroid dienone is 1. The average Bonchev–Trinajstić information content (AvgIpc) is 2.61. The maximum atomic E-state index is 11.1. The van der Waals surface area contributed by atoms with Crippen molar-refractivity contribution in [3.8, 4) is 22.6 Å². The molecule has 0 aliphatic rings. The monoisotopic (exact) mass is 382 g/mol. The summed E-state index contributed by atoms with van der Waals surface area (Å²) in [7, 11) is 0. The number of hydrogen-bond acceptors (Lipinski definition) is 4. The van der Waals surface area contributed by atoms with Gasteiger partial charge in [0.15, 0.2) is 0 Å². The predicted octanol–water partition coefficient (Wildman–Crippen LogP) is 6.03.